The van der Waals surface area contributed by atoms with Crippen LogP contribution in [-0.4, -0.2) is 14.1 Å². The van der Waals surface area contributed by atoms with Crippen molar-refractivity contribution in [1.82, 2.24) is 14.1 Å². The van der Waals surface area contributed by atoms with Gasteiger partial charge in [0.2, 0.25) is 0 Å². The zero-order valence-corrected chi connectivity index (χ0v) is 28.2. The second kappa shape index (κ2) is 11.9. The summed E-state index contributed by atoms with van der Waals surface area (Å²) < 4.78 is 10.6. The van der Waals surface area contributed by atoms with E-state index in [2.05, 4.69) is 159 Å². The zero-order valence-electron chi connectivity index (χ0n) is 28.2. The molecule has 236 valence electrons. The molecule has 0 saturated carbocycles. The predicted molar refractivity (Wildman–Crippen MR) is 202 cm³/mol. The van der Waals surface area contributed by atoms with Crippen molar-refractivity contribution < 1.29 is 4.42 Å². The van der Waals surface area contributed by atoms with Gasteiger partial charge in [-0.05, 0) is 92.3 Å². The summed E-state index contributed by atoms with van der Waals surface area (Å²) in [6, 6.07) is 45.2. The Bertz CT molecular complexity index is 2560. The molecule has 0 bridgehead atoms. The first-order valence-corrected chi connectivity index (χ1v) is 16.9. The number of benzene rings is 6. The number of aryl methyl sites for hydroxylation is 3. The maximum Gasteiger partial charge on any atom is 0.138 e. The summed E-state index contributed by atoms with van der Waals surface area (Å²) >= 11 is 0. The minimum Gasteiger partial charge on any atom is -0.456 e. The van der Waals surface area contributed by atoms with E-state index in [0.29, 0.717) is 5.92 Å². The molecule has 4 heteroatoms. The summed E-state index contributed by atoms with van der Waals surface area (Å²) in [4.78, 5) is 4.92. The van der Waals surface area contributed by atoms with Gasteiger partial charge < -0.3 is 8.98 Å². The molecule has 0 aliphatic carbocycles. The van der Waals surface area contributed by atoms with Crippen LogP contribution in [0.25, 0.3) is 66.2 Å². The number of nitrogens with zero attached hydrogens (tertiary/aromatic N) is 3. The quantitative estimate of drug-likeness (QED) is 0.195. The van der Waals surface area contributed by atoms with Crippen LogP contribution < -0.4 is 0 Å². The second-order valence-electron chi connectivity index (χ2n) is 12.9. The van der Waals surface area contributed by atoms with Gasteiger partial charge in [-0.15, -0.1) is 0 Å². The topological polar surface area (TPSA) is 35.9 Å². The lowest BCUT2D eigenvalue weighted by molar-refractivity contribution is 0.665. The molecule has 0 aliphatic heterocycles. The number of aromatic nitrogens is 3. The monoisotopic (exact) mass is 625 g/mol. The Balaban J connectivity index is 0.000000186. The number of fused-ring (bicyclic) bond motifs is 7. The van der Waals surface area contributed by atoms with E-state index in [1.54, 1.807) is 0 Å². The molecule has 1 atom stereocenters. The van der Waals surface area contributed by atoms with Crippen LogP contribution in [0.15, 0.2) is 132 Å². The average Bonchev–Trinajstić information content (AvgIpc) is 3.78. The lowest BCUT2D eigenvalue weighted by Gasteiger charge is -2.17. The van der Waals surface area contributed by atoms with Gasteiger partial charge in [0, 0.05) is 27.2 Å². The SMILES string of the molecule is CCC(C)c1ccccc1-n1c(C)nc2ccc(-n3c4ccccc4c4ccccc43)cc21.Cc1cccc2c1oc1cccc(C)c12. The molecule has 9 aromatic rings. The Labute approximate surface area is 280 Å². The van der Waals surface area contributed by atoms with Gasteiger partial charge in [0.1, 0.15) is 17.0 Å². The van der Waals surface area contributed by atoms with E-state index in [9.17, 15) is 0 Å². The van der Waals surface area contributed by atoms with Crippen molar-refractivity contribution >= 4 is 54.8 Å². The van der Waals surface area contributed by atoms with Crippen molar-refractivity contribution in [3.8, 4) is 11.4 Å². The van der Waals surface area contributed by atoms with E-state index in [1.807, 2.05) is 12.1 Å². The third kappa shape index (κ3) is 4.79. The molecule has 0 saturated heterocycles. The van der Waals surface area contributed by atoms with Crippen molar-refractivity contribution in [2.75, 3.05) is 0 Å². The highest BCUT2D eigenvalue weighted by Crippen LogP contribution is 2.35. The third-order valence-corrected chi connectivity index (χ3v) is 9.89. The Morgan fingerprint density at radius 2 is 1.27 bits per heavy atom. The molecule has 0 spiro atoms. The Morgan fingerprint density at radius 3 is 2.02 bits per heavy atom. The van der Waals surface area contributed by atoms with Gasteiger partial charge in [0.15, 0.2) is 0 Å². The fourth-order valence-electron chi connectivity index (χ4n) is 7.32. The molecule has 1 unspecified atom stereocenters. The summed E-state index contributed by atoms with van der Waals surface area (Å²) in [6.07, 6.45) is 1.11. The molecular formula is C44H39N3O. The minimum atomic E-state index is 0.485. The first-order chi connectivity index (χ1) is 23.4. The summed E-state index contributed by atoms with van der Waals surface area (Å²) in [6.45, 7) is 10.9. The third-order valence-electron chi connectivity index (χ3n) is 9.89. The lowest BCUT2D eigenvalue weighted by Crippen LogP contribution is -2.04. The van der Waals surface area contributed by atoms with Crippen LogP contribution in [0.5, 0.6) is 0 Å². The lowest BCUT2D eigenvalue weighted by atomic mass is 9.96. The number of hydrogen-bond acceptors (Lipinski definition) is 2. The first-order valence-electron chi connectivity index (χ1n) is 16.9. The van der Waals surface area contributed by atoms with E-state index < -0.39 is 0 Å². The number of furan rings is 1. The Morgan fingerprint density at radius 1 is 0.625 bits per heavy atom. The maximum atomic E-state index is 5.86. The first kappa shape index (κ1) is 29.8. The Kier molecular flexibility index (Phi) is 7.37. The molecule has 0 fully saturated rings. The van der Waals surface area contributed by atoms with Gasteiger partial charge in [0.25, 0.3) is 0 Å². The van der Waals surface area contributed by atoms with Crippen LogP contribution in [0, 0.1) is 20.8 Å². The normalized spacial score (nSPS) is 12.3. The Hall–Kier alpha value is -5.61. The van der Waals surface area contributed by atoms with Crippen LogP contribution in [0.1, 0.15) is 48.7 Å². The standard InChI is InChI=1S/C30H27N3.C14H12O/c1-4-20(2)23-11-5-8-14-27(23)32-21(3)31-26-18-17-22(19-30(26)32)33-28-15-9-6-12-24(28)25-13-7-10-16-29(25)33;1-9-5-4-8-12-13(9)11-7-3-6-10(2)14(11)15-12/h5-20H,4H2,1-3H3;3-8H,1-2H3. The van der Waals surface area contributed by atoms with Crippen LogP contribution in [0.3, 0.4) is 0 Å². The second-order valence-corrected chi connectivity index (χ2v) is 12.9. The molecule has 3 heterocycles. The zero-order chi connectivity index (χ0) is 32.9. The van der Waals surface area contributed by atoms with Crippen LogP contribution in [0.2, 0.25) is 0 Å². The highest BCUT2D eigenvalue weighted by Gasteiger charge is 2.18. The van der Waals surface area contributed by atoms with Crippen LogP contribution in [0.4, 0.5) is 0 Å². The predicted octanol–water partition coefficient (Wildman–Crippen LogP) is 12.1. The largest absolute Gasteiger partial charge is 0.456 e. The van der Waals surface area contributed by atoms with Crippen LogP contribution >= 0.6 is 0 Å². The number of rotatable bonds is 4. The molecule has 48 heavy (non-hydrogen) atoms. The van der Waals surface area contributed by atoms with Crippen molar-refractivity contribution in [1.29, 1.82) is 0 Å². The van der Waals surface area contributed by atoms with Gasteiger partial charge in [-0.25, -0.2) is 4.98 Å². The highest BCUT2D eigenvalue weighted by atomic mass is 16.3. The number of imidazole rings is 1. The van der Waals surface area contributed by atoms with Gasteiger partial charge in [-0.3, -0.25) is 4.57 Å². The fourth-order valence-corrected chi connectivity index (χ4v) is 7.32. The molecule has 0 aliphatic rings. The summed E-state index contributed by atoms with van der Waals surface area (Å²) in [5.41, 5.74) is 12.8. The van der Waals surface area contributed by atoms with E-state index in [0.717, 1.165) is 40.1 Å². The molecule has 6 aromatic carbocycles. The number of para-hydroxylation sites is 4. The van der Waals surface area contributed by atoms with E-state index >= 15 is 0 Å². The van der Waals surface area contributed by atoms with Crippen molar-refractivity contribution in [3.05, 3.63) is 150 Å². The molecular weight excluding hydrogens is 587 g/mol. The molecule has 0 radical (unpaired) electrons. The van der Waals surface area contributed by atoms with Gasteiger partial charge in [-0.1, -0.05) is 98.8 Å². The molecule has 0 N–H and O–H groups in total. The van der Waals surface area contributed by atoms with Gasteiger partial charge in [0.05, 0.1) is 27.8 Å². The van der Waals surface area contributed by atoms with E-state index in [4.69, 9.17) is 9.40 Å². The maximum absolute atomic E-state index is 5.86. The average molecular weight is 626 g/mol. The summed E-state index contributed by atoms with van der Waals surface area (Å²) in [5, 5.41) is 5.03. The molecule has 3 aromatic heterocycles. The van der Waals surface area contributed by atoms with Gasteiger partial charge >= 0.3 is 0 Å². The number of hydrogen-bond donors (Lipinski definition) is 0. The minimum absolute atomic E-state index is 0.485. The van der Waals surface area contributed by atoms with E-state index in [1.165, 1.54) is 55.0 Å². The fraction of sp³-hybridized carbons (Fsp3) is 0.159. The van der Waals surface area contributed by atoms with Gasteiger partial charge in [-0.2, -0.15) is 0 Å². The van der Waals surface area contributed by atoms with Crippen molar-refractivity contribution in [2.24, 2.45) is 0 Å². The smallest absolute Gasteiger partial charge is 0.138 e. The van der Waals surface area contributed by atoms with E-state index in [-0.39, 0.29) is 0 Å². The van der Waals surface area contributed by atoms with Crippen molar-refractivity contribution in [3.63, 3.8) is 0 Å². The summed E-state index contributed by atoms with van der Waals surface area (Å²) in [7, 11) is 0. The summed E-state index contributed by atoms with van der Waals surface area (Å²) in [5.74, 6) is 1.50. The van der Waals surface area contributed by atoms with Crippen molar-refractivity contribution in [2.45, 2.75) is 47.0 Å². The molecule has 9 rings (SSSR count). The highest BCUT2D eigenvalue weighted by molar-refractivity contribution is 6.09. The van der Waals surface area contributed by atoms with Crippen LogP contribution in [-0.2, 0) is 0 Å². The molecule has 0 amide bonds. The molecule has 4 nitrogen and oxygen atoms in total.